The quantitative estimate of drug-likeness (QED) is 0.376. The van der Waals surface area contributed by atoms with E-state index in [2.05, 4.69) is 62.4 Å². The lowest BCUT2D eigenvalue weighted by Gasteiger charge is -2.33. The summed E-state index contributed by atoms with van der Waals surface area (Å²) in [6.07, 6.45) is 19.2. The zero-order valence-electron chi connectivity index (χ0n) is 20.2. The van der Waals surface area contributed by atoms with Gasteiger partial charge in [0.05, 0.1) is 0 Å². The summed E-state index contributed by atoms with van der Waals surface area (Å²) < 4.78 is 0. The normalized spacial score (nSPS) is 18.9. The van der Waals surface area contributed by atoms with Gasteiger partial charge in [-0.3, -0.25) is 0 Å². The van der Waals surface area contributed by atoms with Crippen molar-refractivity contribution in [3.8, 4) is 0 Å². The Labute approximate surface area is 191 Å². The third-order valence-electron chi connectivity index (χ3n) is 8.53. The Morgan fingerprint density at radius 1 is 0.613 bits per heavy atom. The van der Waals surface area contributed by atoms with Crippen molar-refractivity contribution in [3.63, 3.8) is 0 Å². The maximum absolute atomic E-state index is 2.49. The van der Waals surface area contributed by atoms with Crippen LogP contribution in [0, 0.1) is 0 Å². The van der Waals surface area contributed by atoms with Gasteiger partial charge in [-0.1, -0.05) is 120 Å². The molecule has 0 nitrogen and oxygen atoms in total. The fourth-order valence-electron chi connectivity index (χ4n) is 6.30. The predicted octanol–water partition coefficient (Wildman–Crippen LogP) is 9.67. The third-order valence-corrected chi connectivity index (χ3v) is 8.53. The molecule has 0 radical (unpaired) electrons. The second kappa shape index (κ2) is 10.8. The zero-order valence-corrected chi connectivity index (χ0v) is 20.2. The predicted molar refractivity (Wildman–Crippen MR) is 135 cm³/mol. The molecule has 2 aromatic carbocycles. The summed E-state index contributed by atoms with van der Waals surface area (Å²) in [5.41, 5.74) is 6.28. The molecule has 4 rings (SSSR count). The minimum Gasteiger partial charge on any atom is -0.0654 e. The van der Waals surface area contributed by atoms with Gasteiger partial charge in [-0.25, -0.2) is 0 Å². The van der Waals surface area contributed by atoms with Gasteiger partial charge < -0.3 is 0 Å². The summed E-state index contributed by atoms with van der Waals surface area (Å²) in [5.74, 6) is 1.59. The van der Waals surface area contributed by atoms with Crippen molar-refractivity contribution in [2.45, 2.75) is 121 Å². The smallest absolute Gasteiger partial charge is 0.0174 e. The van der Waals surface area contributed by atoms with Gasteiger partial charge >= 0.3 is 0 Å². The van der Waals surface area contributed by atoms with Crippen LogP contribution >= 0.6 is 0 Å². The number of unbranched alkanes of at least 4 members (excludes halogenated alkanes) is 2. The van der Waals surface area contributed by atoms with Crippen LogP contribution in [0.15, 0.2) is 48.5 Å². The minimum absolute atomic E-state index is 0.116. The molecule has 0 bridgehead atoms. The van der Waals surface area contributed by atoms with Crippen molar-refractivity contribution in [1.29, 1.82) is 0 Å². The highest BCUT2D eigenvalue weighted by Gasteiger charge is 2.29. The van der Waals surface area contributed by atoms with E-state index in [0.717, 1.165) is 11.8 Å². The van der Waals surface area contributed by atoms with Crippen LogP contribution < -0.4 is 0 Å². The highest BCUT2D eigenvalue weighted by atomic mass is 14.3. The summed E-state index contributed by atoms with van der Waals surface area (Å²) in [4.78, 5) is 0. The van der Waals surface area contributed by atoms with Crippen LogP contribution in [0.4, 0.5) is 0 Å². The summed E-state index contributed by atoms with van der Waals surface area (Å²) in [6.45, 7) is 4.81. The van der Waals surface area contributed by atoms with Crippen LogP contribution in [0.2, 0.25) is 0 Å². The van der Waals surface area contributed by atoms with Crippen LogP contribution in [0.1, 0.15) is 138 Å². The molecule has 0 saturated heterocycles. The average Bonchev–Trinajstić information content (AvgIpc) is 2.85. The fourth-order valence-corrected chi connectivity index (χ4v) is 6.30. The zero-order chi connectivity index (χ0) is 21.5. The van der Waals surface area contributed by atoms with Gasteiger partial charge in [-0.05, 0) is 66.2 Å². The largest absolute Gasteiger partial charge is 0.0654 e. The van der Waals surface area contributed by atoms with Crippen molar-refractivity contribution in [1.82, 2.24) is 0 Å². The lowest BCUT2D eigenvalue weighted by Crippen LogP contribution is -2.24. The van der Waals surface area contributed by atoms with Crippen LogP contribution in [0.5, 0.6) is 0 Å². The van der Waals surface area contributed by atoms with Gasteiger partial charge in [-0.15, -0.1) is 0 Å². The summed E-state index contributed by atoms with van der Waals surface area (Å²) in [6, 6.07) is 19.7. The van der Waals surface area contributed by atoms with E-state index in [-0.39, 0.29) is 5.41 Å². The van der Waals surface area contributed by atoms with E-state index in [9.17, 15) is 0 Å². The summed E-state index contributed by atoms with van der Waals surface area (Å²) in [5, 5.41) is 0. The molecule has 0 atom stereocenters. The first-order valence-electron chi connectivity index (χ1n) is 13.4. The first kappa shape index (κ1) is 22.6. The molecule has 0 spiro atoms. The number of hydrogen-bond acceptors (Lipinski definition) is 0. The highest BCUT2D eigenvalue weighted by Crippen LogP contribution is 2.40. The van der Waals surface area contributed by atoms with E-state index in [1.807, 2.05) is 0 Å². The molecule has 31 heavy (non-hydrogen) atoms. The van der Waals surface area contributed by atoms with Crippen molar-refractivity contribution in [2.75, 3.05) is 0 Å². The van der Waals surface area contributed by atoms with Gasteiger partial charge in [0.2, 0.25) is 0 Å². The van der Waals surface area contributed by atoms with Crippen molar-refractivity contribution in [3.05, 3.63) is 70.8 Å². The Balaban J connectivity index is 1.56. The van der Waals surface area contributed by atoms with Crippen LogP contribution in [0.25, 0.3) is 0 Å². The van der Waals surface area contributed by atoms with E-state index in [1.165, 1.54) is 101 Å². The number of hydrogen-bond donors (Lipinski definition) is 0. The monoisotopic (exact) mass is 416 g/mol. The molecule has 168 valence electrons. The molecule has 0 aromatic heterocycles. The minimum atomic E-state index is 0.116. The molecular formula is C31H44. The Morgan fingerprint density at radius 2 is 1.03 bits per heavy atom. The van der Waals surface area contributed by atoms with E-state index in [1.54, 1.807) is 11.1 Å². The highest BCUT2D eigenvalue weighted by molar-refractivity contribution is 5.41. The molecule has 0 heterocycles. The summed E-state index contributed by atoms with van der Waals surface area (Å²) >= 11 is 0. The van der Waals surface area contributed by atoms with Crippen molar-refractivity contribution in [2.24, 2.45) is 0 Å². The van der Waals surface area contributed by atoms with Gasteiger partial charge in [0.1, 0.15) is 0 Å². The SMILES string of the molecule is CCCCCC(C)(c1ccc(C2CCCCC2)cc1)c1ccc(C2CCCCC2)cc1. The molecule has 0 unspecified atom stereocenters. The van der Waals surface area contributed by atoms with Crippen LogP contribution in [0.3, 0.4) is 0 Å². The molecule has 2 aliphatic rings. The van der Waals surface area contributed by atoms with Gasteiger partial charge in [0.15, 0.2) is 0 Å². The molecule has 2 aromatic rings. The third kappa shape index (κ3) is 5.44. The van der Waals surface area contributed by atoms with Crippen LogP contribution in [-0.2, 0) is 5.41 Å². The van der Waals surface area contributed by atoms with E-state index in [0.29, 0.717) is 0 Å². The van der Waals surface area contributed by atoms with E-state index < -0.39 is 0 Å². The van der Waals surface area contributed by atoms with Gasteiger partial charge in [0, 0.05) is 5.41 Å². The number of rotatable bonds is 8. The second-order valence-electron chi connectivity index (χ2n) is 10.7. The molecule has 2 saturated carbocycles. The van der Waals surface area contributed by atoms with Crippen molar-refractivity contribution < 1.29 is 0 Å². The molecule has 0 amide bonds. The topological polar surface area (TPSA) is 0 Å². The first-order chi connectivity index (χ1) is 15.2. The Bertz CT molecular complexity index is 708. The fraction of sp³-hybridized carbons (Fsp3) is 0.613. The molecular weight excluding hydrogens is 372 g/mol. The Hall–Kier alpha value is -1.56. The summed E-state index contributed by atoms with van der Waals surface area (Å²) in [7, 11) is 0. The Morgan fingerprint density at radius 3 is 1.42 bits per heavy atom. The second-order valence-corrected chi connectivity index (χ2v) is 10.7. The molecule has 0 aliphatic heterocycles. The molecule has 0 N–H and O–H groups in total. The molecule has 2 aliphatic carbocycles. The maximum Gasteiger partial charge on any atom is 0.0174 e. The van der Waals surface area contributed by atoms with Crippen LogP contribution in [-0.4, -0.2) is 0 Å². The van der Waals surface area contributed by atoms with Gasteiger partial charge in [0.25, 0.3) is 0 Å². The lowest BCUT2D eigenvalue weighted by molar-refractivity contribution is 0.442. The first-order valence-corrected chi connectivity index (χ1v) is 13.4. The average molecular weight is 417 g/mol. The van der Waals surface area contributed by atoms with Crippen molar-refractivity contribution >= 4 is 0 Å². The molecule has 2 fully saturated rings. The number of benzene rings is 2. The van der Waals surface area contributed by atoms with E-state index >= 15 is 0 Å². The Kier molecular flexibility index (Phi) is 7.91. The maximum atomic E-state index is 2.49. The molecule has 0 heteroatoms. The van der Waals surface area contributed by atoms with Gasteiger partial charge in [-0.2, -0.15) is 0 Å². The lowest BCUT2D eigenvalue weighted by atomic mass is 9.71. The standard InChI is InChI=1S/C31H44/c1-3-4-11-24-31(2,29-20-16-27(17-21-29)25-12-7-5-8-13-25)30-22-18-28(19-23-30)26-14-9-6-10-15-26/h16-23,25-26H,3-15,24H2,1-2H3. The van der Waals surface area contributed by atoms with E-state index in [4.69, 9.17) is 0 Å².